The number of nitrogens with one attached hydrogen (secondary N) is 4. The SMILES string of the molecule is CN[C@@H](C)C(=O)C[C@@H](CCCCNC(=O)c1ccc(-c2ccc(C(=O)CCCCC[C@H](NC(=O)[C@H](C)NC)C(=O)N3CCC[C@H]3c3cncc(C(=O)c4ccc(F)cc4)c3)cc2)cc1)C(=O)N1CCC[C@H]1c1cncc(C(=O)c2ccc(F)cc2)c1. The Balaban J connectivity index is 0.787. The van der Waals surface area contributed by atoms with Crippen LogP contribution in [0.5, 0.6) is 0 Å². The van der Waals surface area contributed by atoms with Crippen molar-refractivity contribution in [2.24, 2.45) is 5.92 Å². The Kier molecular flexibility index (Phi) is 22.6. The van der Waals surface area contributed by atoms with Gasteiger partial charge in [-0.2, -0.15) is 0 Å². The van der Waals surface area contributed by atoms with Gasteiger partial charge in [-0.1, -0.05) is 55.7 Å². The first-order chi connectivity index (χ1) is 41.5. The second kappa shape index (κ2) is 30.6. The summed E-state index contributed by atoms with van der Waals surface area (Å²) < 4.78 is 27.1. The Labute approximate surface area is 501 Å². The Morgan fingerprint density at radius 3 is 1.56 bits per heavy atom. The number of nitrogens with zero attached hydrogens (tertiary/aromatic N) is 4. The topological polar surface area (TPSA) is 217 Å². The molecule has 2 aliphatic heterocycles. The number of aromatic nitrogens is 2. The highest BCUT2D eigenvalue weighted by molar-refractivity contribution is 6.09. The Morgan fingerprint density at radius 1 is 0.547 bits per heavy atom. The third-order valence-electron chi connectivity index (χ3n) is 16.6. The number of halogens is 2. The molecule has 450 valence electrons. The molecule has 0 radical (unpaired) electrons. The molecule has 2 aliphatic rings. The summed E-state index contributed by atoms with van der Waals surface area (Å²) in [6.45, 7) is 4.82. The maximum Gasteiger partial charge on any atom is 0.251 e. The maximum atomic E-state index is 14.3. The van der Waals surface area contributed by atoms with Gasteiger partial charge in [-0.05, 0) is 174 Å². The van der Waals surface area contributed by atoms with Crippen molar-refractivity contribution in [2.45, 2.75) is 128 Å². The predicted octanol–water partition coefficient (Wildman–Crippen LogP) is 9.92. The zero-order chi connectivity index (χ0) is 61.3. The van der Waals surface area contributed by atoms with E-state index >= 15 is 0 Å². The summed E-state index contributed by atoms with van der Waals surface area (Å²) in [7, 11) is 3.37. The van der Waals surface area contributed by atoms with Crippen molar-refractivity contribution >= 4 is 46.8 Å². The van der Waals surface area contributed by atoms with Crippen LogP contribution in [0.25, 0.3) is 11.1 Å². The molecular weight excluding hydrogens is 1090 g/mol. The van der Waals surface area contributed by atoms with Crippen molar-refractivity contribution < 1.29 is 47.1 Å². The van der Waals surface area contributed by atoms with Crippen LogP contribution in [0, 0.1) is 17.6 Å². The molecule has 0 aliphatic carbocycles. The number of likely N-dealkylation sites (tertiary alicyclic amines) is 2. The minimum atomic E-state index is -0.807. The number of carbonyl (C=O) groups is 8. The summed E-state index contributed by atoms with van der Waals surface area (Å²) in [5.74, 6) is -3.09. The fourth-order valence-corrected chi connectivity index (χ4v) is 11.3. The summed E-state index contributed by atoms with van der Waals surface area (Å²) >= 11 is 0. The highest BCUT2D eigenvalue weighted by Gasteiger charge is 2.37. The first-order valence-electron chi connectivity index (χ1n) is 29.8. The van der Waals surface area contributed by atoms with Crippen LogP contribution in [-0.2, 0) is 19.2 Å². The molecule has 0 unspecified atom stereocenters. The molecule has 0 saturated carbocycles. The van der Waals surface area contributed by atoms with E-state index in [2.05, 4.69) is 31.2 Å². The van der Waals surface area contributed by atoms with Gasteiger partial charge in [0.2, 0.25) is 17.7 Å². The predicted molar refractivity (Wildman–Crippen MR) is 323 cm³/mol. The first kappa shape index (κ1) is 63.5. The van der Waals surface area contributed by atoms with Crippen LogP contribution in [0.3, 0.4) is 0 Å². The number of amides is 4. The van der Waals surface area contributed by atoms with Crippen molar-refractivity contribution in [3.63, 3.8) is 0 Å². The van der Waals surface area contributed by atoms with Crippen LogP contribution < -0.4 is 21.3 Å². The number of ketones is 4. The lowest BCUT2D eigenvalue weighted by Crippen LogP contribution is -2.52. The number of benzene rings is 4. The summed E-state index contributed by atoms with van der Waals surface area (Å²) in [5.41, 5.74) is 5.51. The van der Waals surface area contributed by atoms with Gasteiger partial charge in [0.15, 0.2) is 17.3 Å². The van der Waals surface area contributed by atoms with Gasteiger partial charge in [-0.15, -0.1) is 0 Å². The molecule has 4 aromatic carbocycles. The van der Waals surface area contributed by atoms with E-state index in [0.29, 0.717) is 123 Å². The normalized spacial score (nSPS) is 16.2. The smallest absolute Gasteiger partial charge is 0.251 e. The molecular formula is C68H76F2N8O8. The van der Waals surface area contributed by atoms with Crippen LogP contribution in [0.4, 0.5) is 8.78 Å². The van der Waals surface area contributed by atoms with E-state index in [4.69, 9.17) is 0 Å². The molecule has 6 aromatic rings. The molecule has 4 amide bonds. The number of hydrogen-bond acceptors (Lipinski definition) is 12. The van der Waals surface area contributed by atoms with E-state index in [0.717, 1.165) is 29.5 Å². The molecule has 4 heterocycles. The van der Waals surface area contributed by atoms with Crippen LogP contribution in [0.2, 0.25) is 0 Å². The molecule has 16 nitrogen and oxygen atoms in total. The largest absolute Gasteiger partial charge is 0.352 e. The van der Waals surface area contributed by atoms with Gasteiger partial charge in [0, 0.05) is 96.6 Å². The Hall–Kier alpha value is -8.48. The van der Waals surface area contributed by atoms with Crippen LogP contribution >= 0.6 is 0 Å². The average molecular weight is 1170 g/mol. The van der Waals surface area contributed by atoms with Gasteiger partial charge >= 0.3 is 0 Å². The number of rotatable bonds is 29. The second-order valence-corrected chi connectivity index (χ2v) is 22.4. The molecule has 2 saturated heterocycles. The van der Waals surface area contributed by atoms with Crippen molar-refractivity contribution in [1.82, 2.24) is 41.0 Å². The number of pyridine rings is 2. The molecule has 2 fully saturated rings. The van der Waals surface area contributed by atoms with E-state index in [-0.39, 0.29) is 65.3 Å². The lowest BCUT2D eigenvalue weighted by molar-refractivity contribution is -0.139. The number of hydrogen-bond donors (Lipinski definition) is 4. The van der Waals surface area contributed by atoms with Crippen LogP contribution in [0.1, 0.15) is 173 Å². The third kappa shape index (κ3) is 16.5. The highest BCUT2D eigenvalue weighted by Crippen LogP contribution is 2.36. The summed E-state index contributed by atoms with van der Waals surface area (Å²) in [6, 6.07) is 26.2. The number of likely N-dealkylation sites (N-methyl/N-ethyl adjacent to an activating group) is 2. The molecule has 8 rings (SSSR count). The van der Waals surface area contributed by atoms with E-state index in [1.54, 1.807) is 86.5 Å². The minimum absolute atomic E-state index is 0.0177. The van der Waals surface area contributed by atoms with Crippen LogP contribution in [0.15, 0.2) is 134 Å². The molecule has 86 heavy (non-hydrogen) atoms. The minimum Gasteiger partial charge on any atom is -0.352 e. The van der Waals surface area contributed by atoms with E-state index in [1.165, 1.54) is 60.9 Å². The highest BCUT2D eigenvalue weighted by atomic mass is 19.1. The monoisotopic (exact) mass is 1170 g/mol. The van der Waals surface area contributed by atoms with Gasteiger partial charge < -0.3 is 31.1 Å². The van der Waals surface area contributed by atoms with E-state index < -0.39 is 35.7 Å². The van der Waals surface area contributed by atoms with E-state index in [1.807, 2.05) is 24.3 Å². The zero-order valence-electron chi connectivity index (χ0n) is 49.3. The summed E-state index contributed by atoms with van der Waals surface area (Å²) in [5, 5.41) is 11.9. The molecule has 18 heteroatoms. The van der Waals surface area contributed by atoms with Crippen molar-refractivity contribution in [2.75, 3.05) is 33.7 Å². The summed E-state index contributed by atoms with van der Waals surface area (Å²) in [4.78, 5) is 120. The van der Waals surface area contributed by atoms with Crippen LogP contribution in [-0.4, -0.2) is 118 Å². The van der Waals surface area contributed by atoms with Gasteiger partial charge in [-0.3, -0.25) is 48.3 Å². The zero-order valence-corrected chi connectivity index (χ0v) is 49.3. The lowest BCUT2D eigenvalue weighted by Gasteiger charge is -2.30. The lowest BCUT2D eigenvalue weighted by atomic mass is 9.91. The molecule has 4 N–H and O–H groups in total. The first-order valence-corrected chi connectivity index (χ1v) is 29.8. The average Bonchev–Trinajstić information content (AvgIpc) is 2.80. The number of unbranched alkanes of at least 4 members (excludes halogenated alkanes) is 3. The van der Waals surface area contributed by atoms with Gasteiger partial charge in [0.05, 0.1) is 24.2 Å². The third-order valence-corrected chi connectivity index (χ3v) is 16.6. The number of Topliss-reactive ketones (excluding diaryl/α,β-unsaturated/α-hetero) is 2. The summed E-state index contributed by atoms with van der Waals surface area (Å²) in [6.07, 6.45) is 13.2. The Morgan fingerprint density at radius 2 is 1.03 bits per heavy atom. The maximum absolute atomic E-state index is 14.3. The molecule has 6 atom stereocenters. The molecule has 0 spiro atoms. The Bertz CT molecular complexity index is 3140. The van der Waals surface area contributed by atoms with Crippen molar-refractivity contribution in [3.8, 4) is 11.1 Å². The molecule has 2 aromatic heterocycles. The van der Waals surface area contributed by atoms with Crippen molar-refractivity contribution in [3.05, 3.63) is 190 Å². The van der Waals surface area contributed by atoms with Gasteiger partial charge in [-0.25, -0.2) is 8.78 Å². The van der Waals surface area contributed by atoms with Gasteiger partial charge in [0.1, 0.15) is 23.5 Å². The number of carbonyl (C=O) groups excluding carboxylic acids is 8. The van der Waals surface area contributed by atoms with Gasteiger partial charge in [0.25, 0.3) is 5.91 Å². The standard InChI is InChI=1S/C68H76F2N8O8/c1-43(71-3)62(80)38-51(67(85)77-34-10-14-59(77)52-36-54(41-73-39-52)63(81)48-25-29-56(69)30-26-48)12-8-9-33-75-66(84)50-23-19-46(20-24-50)45-17-21-47(22-18-45)61(79)16-7-5-6-13-58(76-65(83)44(2)72-4)68(86)78-35-11-15-60(78)53-37-55(42-74-40-53)64(82)49-27-31-57(70)32-28-49/h17-32,36-37,39-44,51,58-60,71-72H,5-16,33-35,38H2,1-4H3,(H,75,84)(H,76,83)/t43-,44-,51+,58-,59-,60-/m0/s1. The quantitative estimate of drug-likeness (QED) is 0.0255. The molecule has 0 bridgehead atoms. The van der Waals surface area contributed by atoms with E-state index in [9.17, 15) is 47.1 Å². The fraction of sp³-hybridized carbons (Fsp3) is 0.382. The second-order valence-electron chi connectivity index (χ2n) is 22.4. The van der Waals surface area contributed by atoms with Crippen molar-refractivity contribution in [1.29, 1.82) is 0 Å². The fourth-order valence-electron chi connectivity index (χ4n) is 11.3.